The molecule has 0 atom stereocenters. The topological polar surface area (TPSA) is 48.5 Å². The van der Waals surface area contributed by atoms with Gasteiger partial charge in [-0.15, -0.1) is 10.2 Å². The molecule has 4 rings (SSSR count). The molecule has 2 aromatic heterocycles. The molecule has 0 aliphatic rings. The molecule has 0 saturated carbocycles. The Kier molecular flexibility index (Phi) is 4.81. The van der Waals surface area contributed by atoms with Crippen molar-refractivity contribution in [3.05, 3.63) is 77.9 Å². The average Bonchev–Trinajstić information content (AvgIpc) is 3.27. The summed E-state index contributed by atoms with van der Waals surface area (Å²) in [5, 5.41) is 9.84. The second kappa shape index (κ2) is 7.40. The molecule has 6 heteroatoms. The lowest BCUT2D eigenvalue weighted by Crippen LogP contribution is -2.01. The smallest absolute Gasteiger partial charge is 0.196 e. The number of aromatic nitrogens is 5. The largest absolute Gasteiger partial charge is 0.337 e. The van der Waals surface area contributed by atoms with Crippen LogP contribution in [0.2, 0.25) is 0 Å². The maximum Gasteiger partial charge on any atom is 0.196 e. The van der Waals surface area contributed by atoms with Crippen LogP contribution in [0.4, 0.5) is 0 Å². The fourth-order valence-corrected chi connectivity index (χ4v) is 3.80. The predicted molar refractivity (Wildman–Crippen MR) is 109 cm³/mol. The molecular weight excluding hydrogens is 354 g/mol. The molecule has 136 valence electrons. The van der Waals surface area contributed by atoms with Crippen LogP contribution in [0.3, 0.4) is 0 Å². The van der Waals surface area contributed by atoms with Gasteiger partial charge in [-0.1, -0.05) is 59.3 Å². The van der Waals surface area contributed by atoms with Gasteiger partial charge in [0.1, 0.15) is 5.82 Å². The molecule has 2 aromatic carbocycles. The number of rotatable bonds is 5. The van der Waals surface area contributed by atoms with Crippen LogP contribution in [0.25, 0.3) is 17.1 Å². The van der Waals surface area contributed by atoms with Crippen LogP contribution in [0, 0.1) is 13.8 Å². The van der Waals surface area contributed by atoms with Gasteiger partial charge in [0, 0.05) is 30.7 Å². The Labute approximate surface area is 163 Å². The van der Waals surface area contributed by atoms with E-state index in [0.29, 0.717) is 0 Å². The van der Waals surface area contributed by atoms with Crippen LogP contribution in [0.15, 0.2) is 66.1 Å². The molecule has 0 aliphatic carbocycles. The summed E-state index contributed by atoms with van der Waals surface area (Å²) in [6, 6.07) is 16.8. The van der Waals surface area contributed by atoms with E-state index in [1.165, 1.54) is 11.1 Å². The Morgan fingerprint density at radius 2 is 1.56 bits per heavy atom. The number of hydrogen-bond acceptors (Lipinski definition) is 4. The van der Waals surface area contributed by atoms with E-state index in [1.54, 1.807) is 11.8 Å². The van der Waals surface area contributed by atoms with Crippen LogP contribution in [-0.2, 0) is 12.8 Å². The SMILES string of the molecule is Cc1ccc(-c2nnc(SCc3nccn3C)n2-c2ccc(C)cc2)cc1. The van der Waals surface area contributed by atoms with Crippen molar-refractivity contribution in [2.24, 2.45) is 7.05 Å². The first-order valence-corrected chi connectivity index (χ1v) is 9.79. The van der Waals surface area contributed by atoms with Crippen LogP contribution < -0.4 is 0 Å². The average molecular weight is 376 g/mol. The van der Waals surface area contributed by atoms with Crippen LogP contribution in [-0.4, -0.2) is 24.3 Å². The van der Waals surface area contributed by atoms with E-state index in [-0.39, 0.29) is 0 Å². The quantitative estimate of drug-likeness (QED) is 0.479. The standard InChI is InChI=1S/C21H21N5S/c1-15-4-8-17(9-5-15)20-23-24-21(27-14-19-22-12-13-25(19)3)26(20)18-10-6-16(2)7-11-18/h4-13H,14H2,1-3H3. The summed E-state index contributed by atoms with van der Waals surface area (Å²) in [6.45, 7) is 4.18. The molecule has 0 radical (unpaired) electrons. The zero-order valence-electron chi connectivity index (χ0n) is 15.6. The first kappa shape index (κ1) is 17.5. The van der Waals surface area contributed by atoms with E-state index in [4.69, 9.17) is 0 Å². The second-order valence-electron chi connectivity index (χ2n) is 6.59. The Balaban J connectivity index is 1.75. The number of benzene rings is 2. The van der Waals surface area contributed by atoms with Gasteiger partial charge in [0.15, 0.2) is 11.0 Å². The predicted octanol–water partition coefficient (Wildman–Crippen LogP) is 4.58. The van der Waals surface area contributed by atoms with E-state index in [2.05, 4.69) is 82.1 Å². The first-order valence-electron chi connectivity index (χ1n) is 8.80. The van der Waals surface area contributed by atoms with Crippen molar-refractivity contribution in [2.45, 2.75) is 24.8 Å². The number of imidazole rings is 1. The highest BCUT2D eigenvalue weighted by Crippen LogP contribution is 2.29. The van der Waals surface area contributed by atoms with Crippen molar-refractivity contribution < 1.29 is 0 Å². The molecule has 0 N–H and O–H groups in total. The summed E-state index contributed by atoms with van der Waals surface area (Å²) < 4.78 is 4.15. The summed E-state index contributed by atoms with van der Waals surface area (Å²) in [4.78, 5) is 4.40. The third-order valence-corrected chi connectivity index (χ3v) is 5.41. The monoisotopic (exact) mass is 375 g/mol. The van der Waals surface area contributed by atoms with Crippen molar-refractivity contribution in [3.63, 3.8) is 0 Å². The van der Waals surface area contributed by atoms with Gasteiger partial charge in [0.25, 0.3) is 0 Å². The van der Waals surface area contributed by atoms with Gasteiger partial charge >= 0.3 is 0 Å². The molecule has 2 heterocycles. The third kappa shape index (κ3) is 3.66. The maximum atomic E-state index is 4.50. The Morgan fingerprint density at radius 1 is 0.889 bits per heavy atom. The molecule has 0 unspecified atom stereocenters. The maximum absolute atomic E-state index is 4.50. The van der Waals surface area contributed by atoms with Gasteiger partial charge in [-0.2, -0.15) is 0 Å². The van der Waals surface area contributed by atoms with E-state index in [9.17, 15) is 0 Å². The number of hydrogen-bond donors (Lipinski definition) is 0. The van der Waals surface area contributed by atoms with Gasteiger partial charge in [-0.05, 0) is 26.0 Å². The minimum atomic E-state index is 0.737. The Morgan fingerprint density at radius 3 is 2.19 bits per heavy atom. The first-order chi connectivity index (χ1) is 13.1. The molecule has 4 aromatic rings. The molecule has 5 nitrogen and oxygen atoms in total. The molecule has 0 spiro atoms. The summed E-state index contributed by atoms with van der Waals surface area (Å²) in [5.41, 5.74) is 4.57. The molecule has 0 saturated heterocycles. The van der Waals surface area contributed by atoms with E-state index in [1.807, 2.05) is 24.0 Å². The number of thioether (sulfide) groups is 1. The minimum Gasteiger partial charge on any atom is -0.337 e. The number of nitrogens with zero attached hydrogens (tertiary/aromatic N) is 5. The highest BCUT2D eigenvalue weighted by atomic mass is 32.2. The van der Waals surface area contributed by atoms with Crippen molar-refractivity contribution in [1.29, 1.82) is 0 Å². The molecule has 27 heavy (non-hydrogen) atoms. The van der Waals surface area contributed by atoms with Crippen molar-refractivity contribution >= 4 is 11.8 Å². The summed E-state index contributed by atoms with van der Waals surface area (Å²) in [7, 11) is 2.01. The summed E-state index contributed by atoms with van der Waals surface area (Å²) >= 11 is 1.64. The molecule has 0 fully saturated rings. The van der Waals surface area contributed by atoms with Gasteiger partial charge in [-0.25, -0.2) is 4.98 Å². The van der Waals surface area contributed by atoms with Crippen LogP contribution in [0.5, 0.6) is 0 Å². The normalized spacial score (nSPS) is 11.1. The number of aryl methyl sites for hydroxylation is 3. The van der Waals surface area contributed by atoms with Crippen molar-refractivity contribution in [3.8, 4) is 17.1 Å². The second-order valence-corrected chi connectivity index (χ2v) is 7.53. The highest BCUT2D eigenvalue weighted by Gasteiger charge is 2.17. The summed E-state index contributed by atoms with van der Waals surface area (Å²) in [6.07, 6.45) is 3.77. The van der Waals surface area contributed by atoms with Gasteiger partial charge in [0.05, 0.1) is 5.75 Å². The van der Waals surface area contributed by atoms with Gasteiger partial charge in [0.2, 0.25) is 0 Å². The molecule has 0 amide bonds. The fraction of sp³-hybridized carbons (Fsp3) is 0.190. The Bertz CT molecular complexity index is 1050. The van der Waals surface area contributed by atoms with E-state index in [0.717, 1.165) is 33.8 Å². The van der Waals surface area contributed by atoms with E-state index < -0.39 is 0 Å². The third-order valence-electron chi connectivity index (χ3n) is 4.49. The molecule has 0 bridgehead atoms. The van der Waals surface area contributed by atoms with Gasteiger partial charge < -0.3 is 4.57 Å². The van der Waals surface area contributed by atoms with Crippen molar-refractivity contribution in [1.82, 2.24) is 24.3 Å². The van der Waals surface area contributed by atoms with Gasteiger partial charge in [-0.3, -0.25) is 4.57 Å². The minimum absolute atomic E-state index is 0.737. The zero-order chi connectivity index (χ0) is 18.8. The lowest BCUT2D eigenvalue weighted by Gasteiger charge is -2.11. The molecule has 0 aliphatic heterocycles. The zero-order valence-corrected chi connectivity index (χ0v) is 16.4. The lowest BCUT2D eigenvalue weighted by molar-refractivity contribution is 0.841. The summed E-state index contributed by atoms with van der Waals surface area (Å²) in [5.74, 6) is 2.60. The van der Waals surface area contributed by atoms with E-state index >= 15 is 0 Å². The lowest BCUT2D eigenvalue weighted by atomic mass is 10.1. The fourth-order valence-electron chi connectivity index (χ4n) is 2.84. The molecular formula is C21H21N5S. The van der Waals surface area contributed by atoms with Crippen molar-refractivity contribution in [2.75, 3.05) is 0 Å². The Hall–Kier alpha value is -2.86. The van der Waals surface area contributed by atoms with Crippen LogP contribution >= 0.6 is 11.8 Å². The van der Waals surface area contributed by atoms with Crippen LogP contribution in [0.1, 0.15) is 17.0 Å². The highest BCUT2D eigenvalue weighted by molar-refractivity contribution is 7.98.